The standard InChI is InChI=1S/C19H21BrN2O3S/c1-2-22-18-9-7-14(11-15(18)8-10-19(22)23)12-21-26(24,25)13-16-5-3-4-6-17(16)20/h3-7,9,11,21H,2,8,10,12-13H2,1H3. The summed E-state index contributed by atoms with van der Waals surface area (Å²) in [6.07, 6.45) is 1.19. The monoisotopic (exact) mass is 436 g/mol. The molecule has 0 saturated carbocycles. The minimum atomic E-state index is -3.45. The van der Waals surface area contributed by atoms with Gasteiger partial charge in [-0.2, -0.15) is 0 Å². The maximum absolute atomic E-state index is 12.4. The van der Waals surface area contributed by atoms with Crippen molar-refractivity contribution in [2.24, 2.45) is 0 Å². The van der Waals surface area contributed by atoms with Crippen molar-refractivity contribution in [1.82, 2.24) is 4.72 Å². The van der Waals surface area contributed by atoms with Gasteiger partial charge >= 0.3 is 0 Å². The van der Waals surface area contributed by atoms with Gasteiger partial charge in [0.15, 0.2) is 0 Å². The summed E-state index contributed by atoms with van der Waals surface area (Å²) in [5.74, 6) is 0.0687. The zero-order valence-electron chi connectivity index (χ0n) is 14.5. The van der Waals surface area contributed by atoms with Crippen molar-refractivity contribution in [3.63, 3.8) is 0 Å². The number of benzene rings is 2. The highest BCUT2D eigenvalue weighted by Gasteiger charge is 2.23. The number of fused-ring (bicyclic) bond motifs is 1. The second-order valence-corrected chi connectivity index (χ2v) is 8.93. The van der Waals surface area contributed by atoms with Gasteiger partial charge in [0.2, 0.25) is 15.9 Å². The van der Waals surface area contributed by atoms with Crippen LogP contribution in [0.4, 0.5) is 5.69 Å². The van der Waals surface area contributed by atoms with E-state index in [-0.39, 0.29) is 18.2 Å². The molecule has 138 valence electrons. The molecular formula is C19H21BrN2O3S. The zero-order valence-corrected chi connectivity index (χ0v) is 16.9. The Kier molecular flexibility index (Phi) is 5.79. The first kappa shape index (κ1) is 19.1. The second kappa shape index (κ2) is 7.90. The molecule has 0 spiro atoms. The number of nitrogens with one attached hydrogen (secondary N) is 1. The number of rotatable bonds is 6. The van der Waals surface area contributed by atoms with Crippen LogP contribution in [-0.4, -0.2) is 20.9 Å². The summed E-state index contributed by atoms with van der Waals surface area (Å²) in [5, 5.41) is 0. The van der Waals surface area contributed by atoms with Gasteiger partial charge in [-0.1, -0.05) is 46.3 Å². The molecule has 26 heavy (non-hydrogen) atoms. The molecule has 5 nitrogen and oxygen atoms in total. The second-order valence-electron chi connectivity index (χ2n) is 6.27. The van der Waals surface area contributed by atoms with Crippen LogP contribution in [0.25, 0.3) is 0 Å². The Labute approximate surface area is 162 Å². The SMILES string of the molecule is CCN1C(=O)CCc2cc(CNS(=O)(=O)Cc3ccccc3Br)ccc21. The summed E-state index contributed by atoms with van der Waals surface area (Å²) in [5.41, 5.74) is 3.64. The topological polar surface area (TPSA) is 66.5 Å². The highest BCUT2D eigenvalue weighted by Crippen LogP contribution is 2.28. The molecule has 1 heterocycles. The highest BCUT2D eigenvalue weighted by molar-refractivity contribution is 9.10. The van der Waals surface area contributed by atoms with Crippen LogP contribution in [0, 0.1) is 0 Å². The molecule has 3 rings (SSSR count). The van der Waals surface area contributed by atoms with Gasteiger partial charge in [-0.25, -0.2) is 13.1 Å². The normalized spacial score (nSPS) is 14.4. The summed E-state index contributed by atoms with van der Waals surface area (Å²) in [7, 11) is -3.45. The smallest absolute Gasteiger partial charge is 0.227 e. The quantitative estimate of drug-likeness (QED) is 0.754. The Balaban J connectivity index is 1.70. The number of aryl methyl sites for hydroxylation is 1. The van der Waals surface area contributed by atoms with E-state index < -0.39 is 10.0 Å². The molecule has 0 fully saturated rings. The maximum Gasteiger partial charge on any atom is 0.227 e. The fourth-order valence-electron chi connectivity index (χ4n) is 3.13. The van der Waals surface area contributed by atoms with Crippen molar-refractivity contribution in [3.8, 4) is 0 Å². The summed E-state index contributed by atoms with van der Waals surface area (Å²) >= 11 is 3.38. The molecule has 1 aliphatic rings. The van der Waals surface area contributed by atoms with E-state index in [0.29, 0.717) is 19.4 Å². The van der Waals surface area contributed by atoms with Gasteiger partial charge in [-0.15, -0.1) is 0 Å². The largest absolute Gasteiger partial charge is 0.312 e. The van der Waals surface area contributed by atoms with Crippen LogP contribution in [-0.2, 0) is 33.5 Å². The fraction of sp³-hybridized carbons (Fsp3) is 0.316. The molecule has 0 unspecified atom stereocenters. The summed E-state index contributed by atoms with van der Waals surface area (Å²) in [6.45, 7) is 2.83. The maximum atomic E-state index is 12.4. The minimum absolute atomic E-state index is 0.0719. The molecule has 1 aliphatic heterocycles. The highest BCUT2D eigenvalue weighted by atomic mass is 79.9. The van der Waals surface area contributed by atoms with Crippen molar-refractivity contribution in [2.45, 2.75) is 32.1 Å². The van der Waals surface area contributed by atoms with Crippen LogP contribution in [0.15, 0.2) is 46.9 Å². The van der Waals surface area contributed by atoms with E-state index in [1.165, 1.54) is 0 Å². The molecule has 1 amide bonds. The van der Waals surface area contributed by atoms with Crippen LogP contribution in [0.5, 0.6) is 0 Å². The fourth-order valence-corrected chi connectivity index (χ4v) is 4.89. The van der Waals surface area contributed by atoms with E-state index in [9.17, 15) is 13.2 Å². The van der Waals surface area contributed by atoms with E-state index >= 15 is 0 Å². The van der Waals surface area contributed by atoms with E-state index in [1.54, 1.807) is 11.0 Å². The number of anilines is 1. The van der Waals surface area contributed by atoms with Crippen LogP contribution in [0.2, 0.25) is 0 Å². The lowest BCUT2D eigenvalue weighted by atomic mass is 9.99. The lowest BCUT2D eigenvalue weighted by molar-refractivity contribution is -0.118. The Morgan fingerprint density at radius 2 is 1.92 bits per heavy atom. The van der Waals surface area contributed by atoms with Crippen LogP contribution < -0.4 is 9.62 Å². The third-order valence-electron chi connectivity index (χ3n) is 4.46. The summed E-state index contributed by atoms with van der Waals surface area (Å²) < 4.78 is 28.2. The predicted octanol–water partition coefficient (Wildman–Crippen LogP) is 3.37. The number of halogens is 1. The van der Waals surface area contributed by atoms with Gasteiger partial charge in [0.25, 0.3) is 0 Å². The molecule has 7 heteroatoms. The number of nitrogens with zero attached hydrogens (tertiary/aromatic N) is 1. The minimum Gasteiger partial charge on any atom is -0.312 e. The van der Waals surface area contributed by atoms with Crippen molar-refractivity contribution in [2.75, 3.05) is 11.4 Å². The molecule has 2 aromatic carbocycles. The number of carbonyl (C=O) groups excluding carboxylic acids is 1. The molecule has 2 aromatic rings. The van der Waals surface area contributed by atoms with E-state index in [4.69, 9.17) is 0 Å². The molecule has 0 aromatic heterocycles. The van der Waals surface area contributed by atoms with Gasteiger partial charge in [-0.05, 0) is 42.2 Å². The third-order valence-corrected chi connectivity index (χ3v) is 6.51. The lowest BCUT2D eigenvalue weighted by Crippen LogP contribution is -2.34. The number of carbonyl (C=O) groups is 1. The zero-order chi connectivity index (χ0) is 18.7. The van der Waals surface area contributed by atoms with Crippen LogP contribution >= 0.6 is 15.9 Å². The van der Waals surface area contributed by atoms with Gasteiger partial charge in [0.05, 0.1) is 5.75 Å². The van der Waals surface area contributed by atoms with E-state index in [0.717, 1.165) is 26.9 Å². The Bertz CT molecular complexity index is 928. The Hall–Kier alpha value is -1.70. The van der Waals surface area contributed by atoms with Crippen molar-refractivity contribution >= 4 is 37.5 Å². The van der Waals surface area contributed by atoms with Gasteiger partial charge in [0, 0.05) is 29.7 Å². The van der Waals surface area contributed by atoms with Crippen LogP contribution in [0.1, 0.15) is 30.0 Å². The van der Waals surface area contributed by atoms with Crippen LogP contribution in [0.3, 0.4) is 0 Å². The number of hydrogen-bond donors (Lipinski definition) is 1. The molecule has 1 N–H and O–H groups in total. The third kappa shape index (κ3) is 4.34. The molecule has 0 atom stereocenters. The number of amides is 1. The Morgan fingerprint density at radius 3 is 2.65 bits per heavy atom. The van der Waals surface area contributed by atoms with Crippen molar-refractivity contribution < 1.29 is 13.2 Å². The number of sulfonamides is 1. The number of hydrogen-bond acceptors (Lipinski definition) is 3. The molecule has 0 aliphatic carbocycles. The molecule has 0 bridgehead atoms. The first-order valence-electron chi connectivity index (χ1n) is 8.52. The Morgan fingerprint density at radius 1 is 1.15 bits per heavy atom. The first-order valence-corrected chi connectivity index (χ1v) is 11.0. The first-order chi connectivity index (χ1) is 12.4. The predicted molar refractivity (Wildman–Crippen MR) is 106 cm³/mol. The average molecular weight is 437 g/mol. The summed E-state index contributed by atoms with van der Waals surface area (Å²) in [6, 6.07) is 13.1. The molecule has 0 saturated heterocycles. The van der Waals surface area contributed by atoms with Gasteiger partial charge in [0.1, 0.15) is 0 Å². The van der Waals surface area contributed by atoms with Gasteiger partial charge < -0.3 is 4.90 Å². The molecule has 0 radical (unpaired) electrons. The summed E-state index contributed by atoms with van der Waals surface area (Å²) in [4.78, 5) is 13.7. The van der Waals surface area contributed by atoms with E-state index in [2.05, 4.69) is 20.7 Å². The van der Waals surface area contributed by atoms with E-state index in [1.807, 2.05) is 43.3 Å². The molecular weight excluding hydrogens is 416 g/mol. The van der Waals surface area contributed by atoms with Crippen molar-refractivity contribution in [3.05, 3.63) is 63.6 Å². The average Bonchev–Trinajstić information content (AvgIpc) is 2.62. The van der Waals surface area contributed by atoms with Crippen molar-refractivity contribution in [1.29, 1.82) is 0 Å². The van der Waals surface area contributed by atoms with Gasteiger partial charge in [-0.3, -0.25) is 4.79 Å². The lowest BCUT2D eigenvalue weighted by Gasteiger charge is -2.28.